The molecule has 0 saturated carbocycles. The van der Waals surface area contributed by atoms with E-state index in [4.69, 9.17) is 8.22 Å². The van der Waals surface area contributed by atoms with E-state index >= 15 is 0 Å². The van der Waals surface area contributed by atoms with Crippen LogP contribution in [0.1, 0.15) is 13.7 Å². The predicted octanol–water partition coefficient (Wildman–Crippen LogP) is 12.6. The van der Waals surface area contributed by atoms with Crippen molar-refractivity contribution in [2.24, 2.45) is 0 Å². The molecule has 2 aliphatic heterocycles. The first-order valence-electron chi connectivity index (χ1n) is 24.0. The zero-order valence-corrected chi connectivity index (χ0v) is 30.4. The van der Waals surface area contributed by atoms with Crippen molar-refractivity contribution in [3.63, 3.8) is 0 Å². The lowest BCUT2D eigenvalue weighted by Gasteiger charge is -2.44. The summed E-state index contributed by atoms with van der Waals surface area (Å²) in [6.07, 6.45) is 0. The van der Waals surface area contributed by atoms with Crippen LogP contribution in [0.2, 0.25) is 0 Å². The minimum Gasteiger partial charge on any atom is -0.311 e. The number of rotatable bonds is 4. The average Bonchev–Trinajstić information content (AvgIpc) is 3.37. The standard InChI is InChI=1S/C54H35BN2/c1-3-18-40(19-4-1)56-50-28-13-11-26-48(50)55-49-27-12-14-29-51(49)57(41-20-5-2-6-21-41)53-35-39(34-52(56)54(53)55)37-17-15-16-36(32-37)38-30-31-46-44-24-8-7-22-42(44)43-23-9-10-25-45(43)47(46)33-38/h1-35H/i1D,2D,3D,4D,5D,6D,18D,19D,20D,21D. The van der Waals surface area contributed by atoms with Crippen LogP contribution < -0.4 is 26.2 Å². The number of hydrogen-bond acceptors (Lipinski definition) is 2. The molecule has 0 amide bonds. The molecule has 2 heterocycles. The molecule has 10 aromatic rings. The fraction of sp³-hybridized carbons (Fsp3) is 0. The second-order valence-electron chi connectivity index (χ2n) is 14.5. The lowest BCUT2D eigenvalue weighted by molar-refractivity contribution is 1.25. The van der Waals surface area contributed by atoms with E-state index in [1.54, 1.807) is 9.80 Å². The van der Waals surface area contributed by atoms with E-state index in [1.165, 1.54) is 16.2 Å². The van der Waals surface area contributed by atoms with Crippen molar-refractivity contribution in [1.29, 1.82) is 0 Å². The molecular weight excluding hydrogens is 687 g/mol. The largest absolute Gasteiger partial charge is 0.311 e. The van der Waals surface area contributed by atoms with E-state index in [0.29, 0.717) is 33.8 Å². The van der Waals surface area contributed by atoms with Gasteiger partial charge in [0.2, 0.25) is 0 Å². The van der Waals surface area contributed by atoms with Crippen LogP contribution in [-0.4, -0.2) is 6.71 Å². The zero-order chi connectivity index (χ0) is 46.2. The molecule has 57 heavy (non-hydrogen) atoms. The first-order valence-corrected chi connectivity index (χ1v) is 19.0. The molecule has 3 heteroatoms. The Kier molecular flexibility index (Phi) is 5.20. The van der Waals surface area contributed by atoms with Crippen molar-refractivity contribution in [3.8, 4) is 22.3 Å². The fourth-order valence-corrected chi connectivity index (χ4v) is 9.22. The Morgan fingerprint density at radius 3 is 1.32 bits per heavy atom. The van der Waals surface area contributed by atoms with Crippen LogP contribution in [0.5, 0.6) is 0 Å². The summed E-state index contributed by atoms with van der Waals surface area (Å²) in [6, 6.07) is 46.4. The van der Waals surface area contributed by atoms with Gasteiger partial charge in [-0.2, -0.15) is 0 Å². The third-order valence-corrected chi connectivity index (χ3v) is 11.6. The highest BCUT2D eigenvalue weighted by Crippen LogP contribution is 2.46. The summed E-state index contributed by atoms with van der Waals surface area (Å²) in [5.41, 5.74) is 7.97. The summed E-state index contributed by atoms with van der Waals surface area (Å²) in [7, 11) is 0. The van der Waals surface area contributed by atoms with Crippen molar-refractivity contribution in [1.82, 2.24) is 0 Å². The van der Waals surface area contributed by atoms with Crippen molar-refractivity contribution >= 4 is 89.5 Å². The second kappa shape index (κ2) is 12.6. The topological polar surface area (TPSA) is 6.48 Å². The molecule has 0 atom stereocenters. The minimum atomic E-state index is -0.509. The Balaban J connectivity index is 1.16. The van der Waals surface area contributed by atoms with E-state index in [9.17, 15) is 5.48 Å². The molecule has 12 rings (SSSR count). The van der Waals surface area contributed by atoms with E-state index in [0.717, 1.165) is 43.8 Å². The Morgan fingerprint density at radius 1 is 0.333 bits per heavy atom. The maximum atomic E-state index is 9.29. The van der Waals surface area contributed by atoms with Crippen LogP contribution in [0.4, 0.5) is 34.1 Å². The number of nitrogens with zero attached hydrogens (tertiary/aromatic N) is 2. The highest BCUT2D eigenvalue weighted by atomic mass is 15.2. The van der Waals surface area contributed by atoms with E-state index in [2.05, 4.69) is 78.9 Å². The van der Waals surface area contributed by atoms with Gasteiger partial charge in [-0.05, 0) is 132 Å². The SMILES string of the molecule is [2H]c1c([2H])c([2H])c(N2c3ccccc3B3c4ccccc4N(c4c([2H])c([2H])c([2H])c([2H])c4[2H])c4cc(-c5cccc(-c6ccc7c8ccccc8c8ccccc8c7c6)c5)cc2c43)c([2H])c1[2H]. The fourth-order valence-electron chi connectivity index (χ4n) is 9.22. The maximum Gasteiger partial charge on any atom is 0.252 e. The molecule has 0 fully saturated rings. The van der Waals surface area contributed by atoms with Gasteiger partial charge in [0.25, 0.3) is 6.71 Å². The van der Waals surface area contributed by atoms with Crippen LogP contribution in [0.25, 0.3) is 54.6 Å². The number of para-hydroxylation sites is 4. The van der Waals surface area contributed by atoms with Crippen molar-refractivity contribution in [2.45, 2.75) is 0 Å². The normalized spacial score (nSPS) is 15.3. The van der Waals surface area contributed by atoms with Crippen molar-refractivity contribution in [3.05, 3.63) is 212 Å². The van der Waals surface area contributed by atoms with E-state index < -0.39 is 43.0 Å². The predicted molar refractivity (Wildman–Crippen MR) is 244 cm³/mol. The van der Waals surface area contributed by atoms with Crippen LogP contribution in [-0.2, 0) is 0 Å². The van der Waals surface area contributed by atoms with Gasteiger partial charge in [0.1, 0.15) is 0 Å². The van der Waals surface area contributed by atoms with Gasteiger partial charge in [-0.1, -0.05) is 152 Å². The summed E-state index contributed by atoms with van der Waals surface area (Å²) in [6.45, 7) is -0.455. The molecular formula is C54H35BN2. The van der Waals surface area contributed by atoms with Crippen LogP contribution in [0.15, 0.2) is 212 Å². The molecule has 0 aromatic heterocycles. The molecule has 264 valence electrons. The molecule has 0 radical (unpaired) electrons. The average molecular weight is 733 g/mol. The monoisotopic (exact) mass is 732 g/mol. The summed E-state index contributed by atoms with van der Waals surface area (Å²) >= 11 is 0. The third kappa shape index (κ3) is 4.86. The highest BCUT2D eigenvalue weighted by Gasteiger charge is 2.43. The summed E-state index contributed by atoms with van der Waals surface area (Å²) in [4.78, 5) is 3.48. The Morgan fingerprint density at radius 2 is 0.772 bits per heavy atom. The maximum absolute atomic E-state index is 9.29. The Labute approximate surface area is 346 Å². The van der Waals surface area contributed by atoms with Gasteiger partial charge < -0.3 is 9.80 Å². The number of hydrogen-bond donors (Lipinski definition) is 0. The van der Waals surface area contributed by atoms with Crippen LogP contribution in [0, 0.1) is 0 Å². The summed E-state index contributed by atoms with van der Waals surface area (Å²) in [5, 5.41) is 6.97. The molecule has 0 saturated heterocycles. The first-order chi connectivity index (χ1) is 32.4. The van der Waals surface area contributed by atoms with Gasteiger partial charge in [-0.3, -0.25) is 0 Å². The van der Waals surface area contributed by atoms with Crippen molar-refractivity contribution in [2.75, 3.05) is 9.80 Å². The molecule has 10 aromatic carbocycles. The van der Waals surface area contributed by atoms with Crippen LogP contribution in [0.3, 0.4) is 0 Å². The van der Waals surface area contributed by atoms with Gasteiger partial charge in [0.05, 0.1) is 13.7 Å². The summed E-state index contributed by atoms with van der Waals surface area (Å²) in [5.74, 6) is 0. The third-order valence-electron chi connectivity index (χ3n) is 11.6. The molecule has 2 nitrogen and oxygen atoms in total. The highest BCUT2D eigenvalue weighted by molar-refractivity contribution is 7.00. The lowest BCUT2D eigenvalue weighted by Crippen LogP contribution is -2.61. The quantitative estimate of drug-likeness (QED) is 0.131. The smallest absolute Gasteiger partial charge is 0.252 e. The van der Waals surface area contributed by atoms with Gasteiger partial charge in [0.15, 0.2) is 0 Å². The number of anilines is 6. The van der Waals surface area contributed by atoms with Gasteiger partial charge >= 0.3 is 0 Å². The molecule has 0 spiro atoms. The number of benzene rings is 10. The summed E-state index contributed by atoms with van der Waals surface area (Å²) < 4.78 is 89.3. The molecule has 0 unspecified atom stereocenters. The molecule has 0 bridgehead atoms. The van der Waals surface area contributed by atoms with Gasteiger partial charge in [0, 0.05) is 34.1 Å². The molecule has 0 aliphatic carbocycles. The zero-order valence-electron chi connectivity index (χ0n) is 40.4. The van der Waals surface area contributed by atoms with E-state index in [1.807, 2.05) is 72.8 Å². The van der Waals surface area contributed by atoms with Gasteiger partial charge in [-0.15, -0.1) is 0 Å². The van der Waals surface area contributed by atoms with Crippen LogP contribution >= 0.6 is 0 Å². The van der Waals surface area contributed by atoms with Gasteiger partial charge in [-0.25, -0.2) is 0 Å². The first kappa shape index (κ1) is 23.5. The minimum absolute atomic E-state index is 0.0332. The Hall–Kier alpha value is -7.36. The molecule has 0 N–H and O–H groups in total. The number of fused-ring (bicyclic) bond motifs is 10. The van der Waals surface area contributed by atoms with E-state index in [-0.39, 0.29) is 35.5 Å². The lowest BCUT2D eigenvalue weighted by atomic mass is 9.33. The second-order valence-corrected chi connectivity index (χ2v) is 14.5. The van der Waals surface area contributed by atoms with Crippen molar-refractivity contribution < 1.29 is 13.7 Å². The molecule has 2 aliphatic rings. The Bertz CT molecular complexity index is 3580.